The van der Waals surface area contributed by atoms with Crippen LogP contribution in [0.3, 0.4) is 0 Å². The number of aryl methyl sites for hydroxylation is 2. The summed E-state index contributed by atoms with van der Waals surface area (Å²) in [6, 6.07) is 11.5. The number of hydrogen-bond donors (Lipinski definition) is 0. The summed E-state index contributed by atoms with van der Waals surface area (Å²) in [6.45, 7) is 5.44. The predicted molar refractivity (Wildman–Crippen MR) is 119 cm³/mol. The van der Waals surface area contributed by atoms with Gasteiger partial charge in [-0.2, -0.15) is 0 Å². The molecule has 0 unspecified atom stereocenters. The van der Waals surface area contributed by atoms with Crippen molar-refractivity contribution in [2.45, 2.75) is 31.7 Å². The van der Waals surface area contributed by atoms with Gasteiger partial charge in [0.05, 0.1) is 16.4 Å². The van der Waals surface area contributed by atoms with Gasteiger partial charge in [-0.3, -0.25) is 9.69 Å². The number of halogens is 1. The van der Waals surface area contributed by atoms with Crippen LogP contribution in [0.25, 0.3) is 11.1 Å². The minimum absolute atomic E-state index is 0.133. The Labute approximate surface area is 181 Å². The number of aromatic nitrogens is 2. The fraction of sp³-hybridized carbons (Fsp3) is 0.190. The molecule has 0 fully saturated rings. The molecular weight excluding hydrogens is 426 g/mol. The Hall–Kier alpha value is -2.35. The minimum atomic E-state index is -0.133. The number of fused-ring (bicyclic) bond motifs is 1. The second-order valence-corrected chi connectivity index (χ2v) is 8.79. The Bertz CT molecular complexity index is 1150. The summed E-state index contributed by atoms with van der Waals surface area (Å²) >= 11 is 9.36. The molecule has 29 heavy (non-hydrogen) atoms. The maximum Gasteiger partial charge on any atom is 0.257 e. The molecular formula is C21H18ClN3O2S2. The average Bonchev–Trinajstić information content (AvgIpc) is 3.28. The third-order valence-electron chi connectivity index (χ3n) is 4.29. The summed E-state index contributed by atoms with van der Waals surface area (Å²) in [7, 11) is 0. The van der Waals surface area contributed by atoms with Crippen LogP contribution in [0, 0.1) is 13.8 Å². The third-order valence-corrected chi connectivity index (χ3v) is 6.31. The van der Waals surface area contributed by atoms with Crippen molar-refractivity contribution in [2.24, 2.45) is 0 Å². The van der Waals surface area contributed by atoms with E-state index in [1.54, 1.807) is 4.90 Å². The quantitative estimate of drug-likeness (QED) is 0.328. The standard InChI is InChI=1S/C21H18ClN3O2S2/c1-12-8-13(2)19(16(22)9-12)25(14(3)26)20-23-15(10-28-20)11-29-21-24-17-6-4-5-7-18(17)27-21/h4-10H,11H2,1-3H3. The van der Waals surface area contributed by atoms with Crippen LogP contribution in [-0.4, -0.2) is 15.9 Å². The van der Waals surface area contributed by atoms with E-state index < -0.39 is 0 Å². The van der Waals surface area contributed by atoms with Gasteiger partial charge in [-0.25, -0.2) is 9.97 Å². The molecule has 0 aliphatic rings. The number of thioether (sulfide) groups is 1. The third kappa shape index (κ3) is 4.17. The van der Waals surface area contributed by atoms with Gasteiger partial charge in [0.25, 0.3) is 5.22 Å². The first-order valence-corrected chi connectivity index (χ1v) is 11.2. The van der Waals surface area contributed by atoms with Crippen LogP contribution >= 0.6 is 34.7 Å². The number of thiazole rings is 1. The molecule has 8 heteroatoms. The van der Waals surface area contributed by atoms with Crippen LogP contribution in [0.5, 0.6) is 0 Å². The molecule has 2 aromatic heterocycles. The molecule has 0 atom stereocenters. The number of carbonyl (C=O) groups is 1. The Kier molecular flexibility index (Phi) is 5.63. The fourth-order valence-electron chi connectivity index (χ4n) is 3.09. The van der Waals surface area contributed by atoms with E-state index in [2.05, 4.69) is 9.97 Å². The van der Waals surface area contributed by atoms with Crippen LogP contribution < -0.4 is 4.90 Å². The molecule has 0 N–H and O–H groups in total. The fourth-order valence-corrected chi connectivity index (χ4v) is 5.21. The Morgan fingerprint density at radius 1 is 1.24 bits per heavy atom. The van der Waals surface area contributed by atoms with Crippen LogP contribution in [0.15, 0.2) is 51.4 Å². The number of carbonyl (C=O) groups excluding carboxylic acids is 1. The van der Waals surface area contributed by atoms with Crippen molar-refractivity contribution < 1.29 is 9.21 Å². The molecule has 0 aliphatic heterocycles. The van der Waals surface area contributed by atoms with Gasteiger partial charge >= 0.3 is 0 Å². The van der Waals surface area contributed by atoms with Crippen molar-refractivity contribution in [3.8, 4) is 0 Å². The lowest BCUT2D eigenvalue weighted by Gasteiger charge is -2.22. The highest BCUT2D eigenvalue weighted by molar-refractivity contribution is 7.98. The monoisotopic (exact) mass is 443 g/mol. The molecule has 1 amide bonds. The minimum Gasteiger partial charge on any atom is -0.431 e. The molecule has 4 rings (SSSR count). The summed E-state index contributed by atoms with van der Waals surface area (Å²) in [4.78, 5) is 23.1. The highest BCUT2D eigenvalue weighted by atomic mass is 35.5. The van der Waals surface area contributed by atoms with Crippen LogP contribution in [0.4, 0.5) is 10.8 Å². The number of oxazole rings is 1. The molecule has 2 aromatic carbocycles. The molecule has 148 valence electrons. The van der Waals surface area contributed by atoms with Gasteiger partial charge in [-0.15, -0.1) is 11.3 Å². The van der Waals surface area contributed by atoms with E-state index >= 15 is 0 Å². The van der Waals surface area contributed by atoms with E-state index in [0.717, 1.165) is 27.9 Å². The second kappa shape index (κ2) is 8.18. The maximum absolute atomic E-state index is 12.4. The zero-order valence-electron chi connectivity index (χ0n) is 16.1. The van der Waals surface area contributed by atoms with Crippen molar-refractivity contribution in [1.82, 2.24) is 9.97 Å². The Morgan fingerprint density at radius 3 is 2.76 bits per heavy atom. The first-order chi connectivity index (χ1) is 13.9. The number of hydrogen-bond acceptors (Lipinski definition) is 6. The largest absolute Gasteiger partial charge is 0.431 e. The zero-order chi connectivity index (χ0) is 20.5. The van der Waals surface area contributed by atoms with E-state index in [-0.39, 0.29) is 5.91 Å². The lowest BCUT2D eigenvalue weighted by atomic mass is 10.1. The number of nitrogens with zero attached hydrogens (tertiary/aromatic N) is 3. The second-order valence-electron chi connectivity index (χ2n) is 6.62. The number of anilines is 2. The van der Waals surface area contributed by atoms with E-state index in [1.165, 1.54) is 30.0 Å². The number of rotatable bonds is 5. The summed E-state index contributed by atoms with van der Waals surface area (Å²) < 4.78 is 5.74. The number of benzene rings is 2. The molecule has 5 nitrogen and oxygen atoms in total. The number of amides is 1. The van der Waals surface area contributed by atoms with Crippen LogP contribution in [0.1, 0.15) is 23.7 Å². The molecule has 0 spiro atoms. The smallest absolute Gasteiger partial charge is 0.257 e. The molecule has 4 aromatic rings. The molecule has 2 heterocycles. The average molecular weight is 444 g/mol. The lowest BCUT2D eigenvalue weighted by Crippen LogP contribution is -2.24. The van der Waals surface area contributed by atoms with Gasteiger partial charge in [0.1, 0.15) is 5.52 Å². The first kappa shape index (κ1) is 19.9. The Balaban J connectivity index is 1.57. The van der Waals surface area contributed by atoms with Crippen molar-refractivity contribution in [2.75, 3.05) is 4.90 Å². The maximum atomic E-state index is 12.4. The normalized spacial score (nSPS) is 11.2. The van der Waals surface area contributed by atoms with Crippen molar-refractivity contribution in [1.29, 1.82) is 0 Å². The van der Waals surface area contributed by atoms with Gasteiger partial charge in [-0.1, -0.05) is 41.6 Å². The summed E-state index contributed by atoms with van der Waals surface area (Å²) in [5, 5.41) is 3.68. The molecule has 0 aliphatic carbocycles. The summed E-state index contributed by atoms with van der Waals surface area (Å²) in [6.07, 6.45) is 0. The molecule has 0 bridgehead atoms. The lowest BCUT2D eigenvalue weighted by molar-refractivity contribution is -0.115. The first-order valence-electron chi connectivity index (χ1n) is 8.92. The van der Waals surface area contributed by atoms with E-state index in [9.17, 15) is 4.79 Å². The van der Waals surface area contributed by atoms with Crippen LogP contribution in [-0.2, 0) is 10.5 Å². The van der Waals surface area contributed by atoms with Gasteiger partial charge in [0.2, 0.25) is 5.91 Å². The van der Waals surface area contributed by atoms with Crippen molar-refractivity contribution in [3.05, 3.63) is 63.6 Å². The van der Waals surface area contributed by atoms with E-state index in [0.29, 0.717) is 26.8 Å². The van der Waals surface area contributed by atoms with Gasteiger partial charge in [-0.05, 0) is 43.2 Å². The van der Waals surface area contributed by atoms with Crippen molar-refractivity contribution >= 4 is 62.5 Å². The zero-order valence-corrected chi connectivity index (χ0v) is 18.5. The SMILES string of the molecule is CC(=O)N(c1nc(CSc2nc3ccccc3o2)cs1)c1c(C)cc(C)cc1Cl. The molecule has 0 saturated heterocycles. The van der Waals surface area contributed by atoms with E-state index in [4.69, 9.17) is 16.0 Å². The van der Waals surface area contributed by atoms with Gasteiger partial charge in [0.15, 0.2) is 10.7 Å². The summed E-state index contributed by atoms with van der Waals surface area (Å²) in [5.74, 6) is 0.460. The highest BCUT2D eigenvalue weighted by Gasteiger charge is 2.22. The highest BCUT2D eigenvalue weighted by Crippen LogP contribution is 2.38. The Morgan fingerprint density at radius 2 is 2.03 bits per heavy atom. The topological polar surface area (TPSA) is 59.2 Å². The molecule has 0 saturated carbocycles. The van der Waals surface area contributed by atoms with Crippen molar-refractivity contribution in [3.63, 3.8) is 0 Å². The molecule has 0 radical (unpaired) electrons. The van der Waals surface area contributed by atoms with Gasteiger partial charge < -0.3 is 4.42 Å². The summed E-state index contributed by atoms with van der Waals surface area (Å²) in [5.41, 5.74) is 5.11. The predicted octanol–water partition coefficient (Wildman–Crippen LogP) is 6.53. The van der Waals surface area contributed by atoms with E-state index in [1.807, 2.05) is 55.6 Å². The van der Waals surface area contributed by atoms with Crippen LogP contribution in [0.2, 0.25) is 5.02 Å². The number of para-hydroxylation sites is 2. The van der Waals surface area contributed by atoms with Gasteiger partial charge in [0, 0.05) is 18.1 Å².